The summed E-state index contributed by atoms with van der Waals surface area (Å²) in [5.74, 6) is -1.54. The zero-order chi connectivity index (χ0) is 21.1. The van der Waals surface area contributed by atoms with Gasteiger partial charge in [0.15, 0.2) is 0 Å². The lowest BCUT2D eigenvalue weighted by Crippen LogP contribution is -2.41. The van der Waals surface area contributed by atoms with Gasteiger partial charge in [0.1, 0.15) is 21.8 Å². The van der Waals surface area contributed by atoms with Gasteiger partial charge in [-0.2, -0.15) is 0 Å². The van der Waals surface area contributed by atoms with E-state index >= 15 is 0 Å². The van der Waals surface area contributed by atoms with E-state index in [0.717, 1.165) is 18.2 Å². The summed E-state index contributed by atoms with van der Waals surface area (Å²) in [5, 5.41) is 21.9. The van der Waals surface area contributed by atoms with Crippen molar-refractivity contribution < 1.29 is 28.4 Å². The van der Waals surface area contributed by atoms with Crippen LogP contribution in [0.25, 0.3) is 0 Å². The highest BCUT2D eigenvalue weighted by atomic mass is 79.9. The van der Waals surface area contributed by atoms with E-state index < -0.39 is 36.5 Å². The third kappa shape index (κ3) is 6.54. The van der Waals surface area contributed by atoms with Crippen LogP contribution in [0.1, 0.15) is 38.1 Å². The van der Waals surface area contributed by atoms with Gasteiger partial charge in [0, 0.05) is 11.5 Å². The summed E-state index contributed by atoms with van der Waals surface area (Å²) in [4.78, 5) is 16.5. The van der Waals surface area contributed by atoms with E-state index in [1.54, 1.807) is 20.8 Å². The monoisotopic (exact) mass is 456 g/mol. The predicted molar refractivity (Wildman–Crippen MR) is 104 cm³/mol. The Kier molecular flexibility index (Phi) is 7.14. The molecule has 0 fully saturated rings. The van der Waals surface area contributed by atoms with Crippen LogP contribution in [-0.4, -0.2) is 33.8 Å². The minimum absolute atomic E-state index is 0.0427. The van der Waals surface area contributed by atoms with Gasteiger partial charge in [-0.25, -0.2) is 18.6 Å². The van der Waals surface area contributed by atoms with Crippen LogP contribution in [0.15, 0.2) is 34.9 Å². The Morgan fingerprint density at radius 2 is 1.86 bits per heavy atom. The summed E-state index contributed by atoms with van der Waals surface area (Å²) in [7, 11) is -1.86. The van der Waals surface area contributed by atoms with Gasteiger partial charge in [0.25, 0.3) is 0 Å². The molecule has 0 aliphatic heterocycles. The van der Waals surface area contributed by atoms with E-state index in [0.29, 0.717) is 4.60 Å². The summed E-state index contributed by atoms with van der Waals surface area (Å²) < 4.78 is 32.8. The van der Waals surface area contributed by atoms with Crippen molar-refractivity contribution in [2.45, 2.75) is 38.8 Å². The zero-order valence-electron chi connectivity index (χ0n) is 15.5. The molecule has 1 aromatic carbocycles. The highest BCUT2D eigenvalue weighted by molar-refractivity contribution is 9.10. The molecule has 1 aromatic heterocycles. The van der Waals surface area contributed by atoms with Gasteiger partial charge < -0.3 is 20.1 Å². The molecule has 2 rings (SSSR count). The van der Waals surface area contributed by atoms with Crippen molar-refractivity contribution in [3.63, 3.8) is 0 Å². The number of amides is 1. The number of carbonyl (C=O) groups excluding carboxylic acids is 1. The summed E-state index contributed by atoms with van der Waals surface area (Å²) >= 11 is 3.20. The summed E-state index contributed by atoms with van der Waals surface area (Å²) in [6.45, 7) is 5.05. The van der Waals surface area contributed by atoms with Crippen LogP contribution in [0.4, 0.5) is 13.6 Å². The number of rotatable bonds is 5. The lowest BCUT2D eigenvalue weighted by molar-refractivity contribution is 0.0502. The number of alkyl carbamates (subject to hydrolysis) is 1. The largest absolute Gasteiger partial charge is 0.490 e. The van der Waals surface area contributed by atoms with Gasteiger partial charge >= 0.3 is 13.2 Å². The molecule has 150 valence electrons. The fourth-order valence-electron chi connectivity index (χ4n) is 2.59. The fourth-order valence-corrected chi connectivity index (χ4v) is 2.91. The second-order valence-electron chi connectivity index (χ2n) is 7.16. The van der Waals surface area contributed by atoms with E-state index in [4.69, 9.17) is 4.74 Å². The maximum atomic E-state index is 13.6. The molecule has 0 spiro atoms. The SMILES string of the molecule is CC(C)(C)OC(=O)N[C@@H](Cc1cc(F)cc(F)c1)c1nc(Br)ccc1B(O)O. The molecule has 0 saturated carbocycles. The van der Waals surface area contributed by atoms with E-state index in [2.05, 4.69) is 26.2 Å². The second kappa shape index (κ2) is 8.98. The molecule has 0 unspecified atom stereocenters. The van der Waals surface area contributed by atoms with Gasteiger partial charge in [-0.15, -0.1) is 0 Å². The number of pyridine rings is 1. The Balaban J connectivity index is 2.44. The van der Waals surface area contributed by atoms with E-state index in [1.165, 1.54) is 12.1 Å². The van der Waals surface area contributed by atoms with Crippen LogP contribution < -0.4 is 10.8 Å². The number of aromatic nitrogens is 1. The maximum Gasteiger partial charge on any atom is 0.490 e. The minimum atomic E-state index is -1.86. The first kappa shape index (κ1) is 22.3. The molecule has 1 amide bonds. The Bertz CT molecular complexity index is 842. The lowest BCUT2D eigenvalue weighted by atomic mass is 9.77. The minimum Gasteiger partial charge on any atom is -0.444 e. The first-order valence-electron chi connectivity index (χ1n) is 8.41. The van der Waals surface area contributed by atoms with Crippen LogP contribution in [0.2, 0.25) is 0 Å². The van der Waals surface area contributed by atoms with Crippen LogP contribution >= 0.6 is 15.9 Å². The van der Waals surface area contributed by atoms with Crippen molar-refractivity contribution >= 4 is 34.6 Å². The normalized spacial score (nSPS) is 12.4. The second-order valence-corrected chi connectivity index (χ2v) is 7.98. The van der Waals surface area contributed by atoms with Gasteiger partial charge in [0.05, 0.1) is 11.7 Å². The molecule has 0 bridgehead atoms. The highest BCUT2D eigenvalue weighted by Gasteiger charge is 2.27. The number of halogens is 3. The molecule has 0 saturated heterocycles. The first-order valence-corrected chi connectivity index (χ1v) is 9.21. The van der Waals surface area contributed by atoms with Crippen molar-refractivity contribution in [3.05, 3.63) is 57.8 Å². The van der Waals surface area contributed by atoms with Gasteiger partial charge in [-0.1, -0.05) is 6.07 Å². The Morgan fingerprint density at radius 1 is 1.25 bits per heavy atom. The van der Waals surface area contributed by atoms with E-state index in [-0.39, 0.29) is 23.1 Å². The third-order valence-electron chi connectivity index (χ3n) is 3.58. The molecular formula is C18H20BBrF2N2O4. The quantitative estimate of drug-likeness (QED) is 0.475. The molecule has 6 nitrogen and oxygen atoms in total. The molecule has 1 heterocycles. The number of carbonyl (C=O) groups is 1. The third-order valence-corrected chi connectivity index (χ3v) is 4.03. The topological polar surface area (TPSA) is 91.7 Å². The molecule has 3 N–H and O–H groups in total. The molecular weight excluding hydrogens is 437 g/mol. The van der Waals surface area contributed by atoms with Gasteiger partial charge in [-0.05, 0) is 66.9 Å². The van der Waals surface area contributed by atoms with Crippen molar-refractivity contribution in [2.75, 3.05) is 0 Å². The molecule has 0 aliphatic carbocycles. The summed E-state index contributed by atoms with van der Waals surface area (Å²) in [6, 6.07) is 4.97. The smallest absolute Gasteiger partial charge is 0.444 e. The Labute approximate surface area is 170 Å². The fraction of sp³-hybridized carbons (Fsp3) is 0.333. The highest BCUT2D eigenvalue weighted by Crippen LogP contribution is 2.21. The van der Waals surface area contributed by atoms with Crippen LogP contribution in [0, 0.1) is 11.6 Å². The lowest BCUT2D eigenvalue weighted by Gasteiger charge is -2.25. The molecule has 28 heavy (non-hydrogen) atoms. The van der Waals surface area contributed by atoms with Gasteiger partial charge in [0.2, 0.25) is 0 Å². The number of nitrogens with zero attached hydrogens (tertiary/aromatic N) is 1. The molecule has 2 aromatic rings. The summed E-state index contributed by atoms with van der Waals surface area (Å²) in [5.41, 5.74) is -0.358. The maximum absolute atomic E-state index is 13.6. The van der Waals surface area contributed by atoms with Crippen LogP contribution in [-0.2, 0) is 11.2 Å². The number of benzene rings is 1. The number of nitrogens with one attached hydrogen (secondary N) is 1. The van der Waals surface area contributed by atoms with Crippen molar-refractivity contribution in [3.8, 4) is 0 Å². The Hall–Kier alpha value is -2.04. The van der Waals surface area contributed by atoms with Crippen molar-refractivity contribution in [1.29, 1.82) is 0 Å². The molecule has 0 aliphatic rings. The Morgan fingerprint density at radius 3 is 2.39 bits per heavy atom. The average Bonchev–Trinajstić information content (AvgIpc) is 2.51. The predicted octanol–water partition coefficient (Wildman–Crippen LogP) is 2.61. The first-order chi connectivity index (χ1) is 12.9. The van der Waals surface area contributed by atoms with Crippen LogP contribution in [0.5, 0.6) is 0 Å². The zero-order valence-corrected chi connectivity index (χ0v) is 17.1. The number of hydrogen-bond acceptors (Lipinski definition) is 5. The van der Waals surface area contributed by atoms with Gasteiger partial charge in [-0.3, -0.25) is 0 Å². The summed E-state index contributed by atoms with van der Waals surface area (Å²) in [6.07, 6.45) is -0.841. The van der Waals surface area contributed by atoms with E-state index in [9.17, 15) is 23.6 Å². The van der Waals surface area contributed by atoms with Crippen LogP contribution in [0.3, 0.4) is 0 Å². The molecule has 0 radical (unpaired) electrons. The average molecular weight is 457 g/mol. The van der Waals surface area contributed by atoms with Crippen molar-refractivity contribution in [2.24, 2.45) is 0 Å². The molecule has 10 heteroatoms. The van der Waals surface area contributed by atoms with Crippen molar-refractivity contribution in [1.82, 2.24) is 10.3 Å². The molecule has 1 atom stereocenters. The number of hydrogen-bond donors (Lipinski definition) is 3. The number of ether oxygens (including phenoxy) is 1. The van der Waals surface area contributed by atoms with E-state index in [1.807, 2.05) is 0 Å². The standard InChI is InChI=1S/C18H20BBrF2N2O4/c1-18(2,3)28-17(25)23-14(8-10-6-11(21)9-12(22)7-10)16-13(19(26)27)4-5-15(20)24-16/h4-7,9,14,26-27H,8H2,1-3H3,(H,23,25)/t14-/m0/s1.